The molecular formula is C17H30N4O5. The van der Waals surface area contributed by atoms with Crippen molar-refractivity contribution in [3.63, 3.8) is 0 Å². The van der Waals surface area contributed by atoms with Crippen LogP contribution in [-0.2, 0) is 19.2 Å². The highest BCUT2D eigenvalue weighted by Gasteiger charge is 2.31. The van der Waals surface area contributed by atoms with E-state index in [-0.39, 0.29) is 17.9 Å². The van der Waals surface area contributed by atoms with Crippen LogP contribution < -0.4 is 21.3 Å². The summed E-state index contributed by atoms with van der Waals surface area (Å²) in [6.45, 7) is 7.35. The second-order valence-electron chi connectivity index (χ2n) is 6.82. The van der Waals surface area contributed by atoms with E-state index >= 15 is 0 Å². The molecule has 9 nitrogen and oxygen atoms in total. The van der Waals surface area contributed by atoms with Crippen molar-refractivity contribution < 1.29 is 24.3 Å². The Kier molecular flexibility index (Phi) is 8.50. The Labute approximate surface area is 153 Å². The van der Waals surface area contributed by atoms with E-state index in [4.69, 9.17) is 5.11 Å². The molecule has 0 aliphatic carbocycles. The van der Waals surface area contributed by atoms with E-state index in [0.29, 0.717) is 6.42 Å². The minimum Gasteiger partial charge on any atom is -0.480 e. The third-order valence-electron chi connectivity index (χ3n) is 4.65. The second kappa shape index (κ2) is 10.1. The molecule has 0 radical (unpaired) electrons. The Balaban J connectivity index is 2.68. The number of carboxylic acids is 1. The van der Waals surface area contributed by atoms with Crippen LogP contribution in [0.15, 0.2) is 0 Å². The number of amides is 3. The highest BCUT2D eigenvalue weighted by Crippen LogP contribution is 2.11. The highest BCUT2D eigenvalue weighted by atomic mass is 16.4. The van der Waals surface area contributed by atoms with Crippen molar-refractivity contribution in [3.8, 4) is 0 Å². The van der Waals surface area contributed by atoms with Crippen molar-refractivity contribution in [2.24, 2.45) is 5.92 Å². The monoisotopic (exact) mass is 370 g/mol. The molecule has 5 N–H and O–H groups in total. The van der Waals surface area contributed by atoms with Crippen LogP contribution in [0.3, 0.4) is 0 Å². The van der Waals surface area contributed by atoms with E-state index in [0.717, 1.165) is 19.4 Å². The van der Waals surface area contributed by atoms with E-state index in [1.54, 1.807) is 0 Å². The smallest absolute Gasteiger partial charge is 0.325 e. The molecule has 0 saturated carbocycles. The summed E-state index contributed by atoms with van der Waals surface area (Å²) in [6, 6.07) is -3.04. The largest absolute Gasteiger partial charge is 0.480 e. The van der Waals surface area contributed by atoms with Gasteiger partial charge in [-0.1, -0.05) is 20.3 Å². The fourth-order valence-corrected chi connectivity index (χ4v) is 2.63. The van der Waals surface area contributed by atoms with Crippen LogP contribution in [0.1, 0.15) is 47.0 Å². The van der Waals surface area contributed by atoms with E-state index in [1.165, 1.54) is 13.8 Å². The molecule has 1 rings (SSSR count). The fraction of sp³-hybridized carbons (Fsp3) is 0.765. The van der Waals surface area contributed by atoms with Gasteiger partial charge >= 0.3 is 5.97 Å². The van der Waals surface area contributed by atoms with Crippen LogP contribution in [-0.4, -0.2) is 59.5 Å². The van der Waals surface area contributed by atoms with E-state index in [1.807, 2.05) is 13.8 Å². The van der Waals surface area contributed by atoms with E-state index in [9.17, 15) is 19.2 Å². The van der Waals surface area contributed by atoms with Crippen molar-refractivity contribution in [1.29, 1.82) is 0 Å². The summed E-state index contributed by atoms with van der Waals surface area (Å²) in [6.07, 6.45) is 2.32. The zero-order valence-electron chi connectivity index (χ0n) is 15.8. The van der Waals surface area contributed by atoms with Crippen LogP contribution in [0.4, 0.5) is 0 Å². The number of carbonyl (C=O) groups excluding carboxylic acids is 3. The Morgan fingerprint density at radius 3 is 2.15 bits per heavy atom. The standard InChI is InChI=1S/C17H30N4O5/c1-5-9(2)13(21-15(23)12-7-6-8-18-12)16(24)19-10(3)14(22)20-11(4)17(25)26/h9-13,18H,5-8H2,1-4H3,(H,19,24)(H,20,22)(H,21,23)(H,25,26)/t9-,10-,11-,12-,13-/m0/s1. The first-order chi connectivity index (χ1) is 12.2. The Bertz CT molecular complexity index is 533. The van der Waals surface area contributed by atoms with Crippen LogP contribution in [0.2, 0.25) is 0 Å². The topological polar surface area (TPSA) is 137 Å². The van der Waals surface area contributed by atoms with Gasteiger partial charge < -0.3 is 26.4 Å². The number of aliphatic carboxylic acids is 1. The zero-order chi connectivity index (χ0) is 19.9. The number of carboxylic acid groups (broad SMARTS) is 1. The van der Waals surface area contributed by atoms with Gasteiger partial charge in [0, 0.05) is 0 Å². The molecule has 0 spiro atoms. The van der Waals surface area contributed by atoms with Crippen LogP contribution in [0.25, 0.3) is 0 Å². The van der Waals surface area contributed by atoms with Crippen molar-refractivity contribution in [2.75, 3.05) is 6.54 Å². The van der Waals surface area contributed by atoms with Crippen LogP contribution >= 0.6 is 0 Å². The first-order valence-corrected chi connectivity index (χ1v) is 9.04. The molecule has 1 saturated heterocycles. The van der Waals surface area contributed by atoms with Crippen molar-refractivity contribution in [2.45, 2.75) is 71.1 Å². The summed E-state index contributed by atoms with van der Waals surface area (Å²) >= 11 is 0. The molecule has 3 amide bonds. The number of rotatable bonds is 9. The first-order valence-electron chi connectivity index (χ1n) is 9.04. The Hall–Kier alpha value is -2.16. The predicted molar refractivity (Wildman–Crippen MR) is 95.3 cm³/mol. The first kappa shape index (κ1) is 21.9. The maximum Gasteiger partial charge on any atom is 0.325 e. The summed E-state index contributed by atoms with van der Waals surface area (Å²) in [4.78, 5) is 47.7. The van der Waals surface area contributed by atoms with Gasteiger partial charge in [0.1, 0.15) is 18.1 Å². The molecule has 0 aromatic carbocycles. The minimum atomic E-state index is -1.16. The maximum absolute atomic E-state index is 12.6. The predicted octanol–water partition coefficient (Wildman–Crippen LogP) is -0.637. The van der Waals surface area contributed by atoms with E-state index < -0.39 is 35.9 Å². The quantitative estimate of drug-likeness (QED) is 0.366. The average molecular weight is 370 g/mol. The molecule has 26 heavy (non-hydrogen) atoms. The summed E-state index contributed by atoms with van der Waals surface area (Å²) in [5.41, 5.74) is 0. The molecule has 0 unspecified atom stereocenters. The van der Waals surface area contributed by atoms with Gasteiger partial charge in [0.15, 0.2) is 0 Å². The van der Waals surface area contributed by atoms with Crippen LogP contribution in [0.5, 0.6) is 0 Å². The maximum atomic E-state index is 12.6. The van der Waals surface area contributed by atoms with Gasteiger partial charge in [-0.25, -0.2) is 0 Å². The van der Waals surface area contributed by atoms with Crippen molar-refractivity contribution >= 4 is 23.7 Å². The second-order valence-corrected chi connectivity index (χ2v) is 6.82. The number of nitrogens with one attached hydrogen (secondary N) is 4. The molecular weight excluding hydrogens is 340 g/mol. The molecule has 1 heterocycles. The molecule has 0 bridgehead atoms. The SMILES string of the molecule is CC[C@H](C)[C@H](NC(=O)[C@@H]1CCCN1)C(=O)N[C@@H](C)C(=O)N[C@@H](C)C(=O)O. The lowest BCUT2D eigenvalue weighted by atomic mass is 9.97. The van der Waals surface area contributed by atoms with Crippen molar-refractivity contribution in [3.05, 3.63) is 0 Å². The molecule has 148 valence electrons. The van der Waals surface area contributed by atoms with Gasteiger partial charge in [-0.05, 0) is 39.2 Å². The molecule has 0 aromatic heterocycles. The third-order valence-corrected chi connectivity index (χ3v) is 4.65. The normalized spacial score (nSPS) is 21.2. The molecule has 9 heteroatoms. The summed E-state index contributed by atoms with van der Waals surface area (Å²) in [5, 5.41) is 19.6. The molecule has 1 aliphatic rings. The lowest BCUT2D eigenvalue weighted by Gasteiger charge is -2.26. The molecule has 1 fully saturated rings. The van der Waals surface area contributed by atoms with Crippen LogP contribution in [0, 0.1) is 5.92 Å². The van der Waals surface area contributed by atoms with Gasteiger partial charge in [0.05, 0.1) is 6.04 Å². The van der Waals surface area contributed by atoms with Gasteiger partial charge in [-0.2, -0.15) is 0 Å². The fourth-order valence-electron chi connectivity index (χ4n) is 2.63. The lowest BCUT2D eigenvalue weighted by Crippen LogP contribution is -2.57. The minimum absolute atomic E-state index is 0.117. The highest BCUT2D eigenvalue weighted by molar-refractivity contribution is 5.94. The Morgan fingerprint density at radius 1 is 1.04 bits per heavy atom. The zero-order valence-corrected chi connectivity index (χ0v) is 15.8. The lowest BCUT2D eigenvalue weighted by molar-refractivity contribution is -0.141. The number of hydrogen-bond acceptors (Lipinski definition) is 5. The van der Waals surface area contributed by atoms with Gasteiger partial charge in [-0.3, -0.25) is 19.2 Å². The van der Waals surface area contributed by atoms with Gasteiger partial charge in [0.25, 0.3) is 0 Å². The number of hydrogen-bond donors (Lipinski definition) is 5. The third kappa shape index (κ3) is 6.29. The van der Waals surface area contributed by atoms with Gasteiger partial charge in [-0.15, -0.1) is 0 Å². The Morgan fingerprint density at radius 2 is 1.65 bits per heavy atom. The molecule has 0 aromatic rings. The summed E-state index contributed by atoms with van der Waals surface area (Å²) in [7, 11) is 0. The van der Waals surface area contributed by atoms with E-state index in [2.05, 4.69) is 21.3 Å². The summed E-state index contributed by atoms with van der Waals surface area (Å²) in [5.74, 6) is -2.56. The van der Waals surface area contributed by atoms with Gasteiger partial charge in [0.2, 0.25) is 17.7 Å². The van der Waals surface area contributed by atoms with Crippen molar-refractivity contribution in [1.82, 2.24) is 21.3 Å². The molecule has 5 atom stereocenters. The average Bonchev–Trinajstić information content (AvgIpc) is 3.12. The summed E-state index contributed by atoms with van der Waals surface area (Å²) < 4.78 is 0. The molecule has 1 aliphatic heterocycles. The number of carbonyl (C=O) groups is 4.